The quantitative estimate of drug-likeness (QED) is 0.429. The number of esters is 4. The Hall–Kier alpha value is -2.32. The van der Waals surface area contributed by atoms with Gasteiger partial charge in [-0.15, -0.1) is 11.8 Å². The largest absolute Gasteiger partial charge is 0.463 e. The highest BCUT2D eigenvalue weighted by Crippen LogP contribution is 2.34. The van der Waals surface area contributed by atoms with E-state index in [-0.39, 0.29) is 12.4 Å². The summed E-state index contributed by atoms with van der Waals surface area (Å²) >= 11 is 1.00. The van der Waals surface area contributed by atoms with E-state index in [0.717, 1.165) is 32.5 Å². The van der Waals surface area contributed by atoms with E-state index in [1.807, 2.05) is 6.07 Å². The SMILES string of the molecule is CC(=O)OCC1O[C@@H](SCC#N)C(OC(C)=O)C(OC(C)=O)[C@H]1OC(C)=O. The molecule has 1 heterocycles. The monoisotopic (exact) mass is 403 g/mol. The van der Waals surface area contributed by atoms with E-state index in [1.165, 1.54) is 6.92 Å². The average molecular weight is 403 g/mol. The molecule has 0 amide bonds. The molecular weight excluding hydrogens is 382 g/mol. The number of hydrogen-bond acceptors (Lipinski definition) is 11. The van der Waals surface area contributed by atoms with Crippen LogP contribution >= 0.6 is 11.8 Å². The second-order valence-electron chi connectivity index (χ2n) is 5.54. The van der Waals surface area contributed by atoms with Crippen molar-refractivity contribution in [2.45, 2.75) is 57.5 Å². The Morgan fingerprint density at radius 1 is 0.889 bits per heavy atom. The number of nitriles is 1. The van der Waals surface area contributed by atoms with Gasteiger partial charge in [-0.05, 0) is 0 Å². The zero-order valence-electron chi connectivity index (χ0n) is 15.3. The maximum atomic E-state index is 11.6. The van der Waals surface area contributed by atoms with Crippen molar-refractivity contribution in [3.63, 3.8) is 0 Å². The van der Waals surface area contributed by atoms with Crippen LogP contribution in [0.4, 0.5) is 0 Å². The van der Waals surface area contributed by atoms with Crippen LogP contribution < -0.4 is 0 Å². The van der Waals surface area contributed by atoms with E-state index >= 15 is 0 Å². The van der Waals surface area contributed by atoms with Gasteiger partial charge in [-0.25, -0.2) is 0 Å². The van der Waals surface area contributed by atoms with Crippen LogP contribution in [0.3, 0.4) is 0 Å². The molecule has 0 aromatic heterocycles. The molecule has 0 N–H and O–H groups in total. The van der Waals surface area contributed by atoms with Gasteiger partial charge in [0, 0.05) is 27.7 Å². The number of thioether (sulfide) groups is 1. The Balaban J connectivity index is 3.25. The van der Waals surface area contributed by atoms with E-state index in [0.29, 0.717) is 0 Å². The number of hydrogen-bond donors (Lipinski definition) is 0. The number of ether oxygens (including phenoxy) is 5. The Morgan fingerprint density at radius 3 is 1.89 bits per heavy atom. The molecule has 150 valence electrons. The molecule has 1 aliphatic heterocycles. The minimum Gasteiger partial charge on any atom is -0.463 e. The lowest BCUT2D eigenvalue weighted by Gasteiger charge is -2.44. The van der Waals surface area contributed by atoms with E-state index in [1.54, 1.807) is 0 Å². The standard InChI is InChI=1S/C16H21NO9S/c1-8(18)22-7-12-13(23-9(2)19)14(24-10(3)20)15(25-11(4)21)16(26-12)27-6-5-17/h12-16H,6-7H2,1-4H3/t12?,13-,14?,15?,16-/m0/s1. The molecule has 0 radical (unpaired) electrons. The summed E-state index contributed by atoms with van der Waals surface area (Å²) in [6, 6.07) is 1.92. The number of carbonyl (C=O) groups is 4. The number of carbonyl (C=O) groups excluding carboxylic acids is 4. The minimum atomic E-state index is -1.21. The van der Waals surface area contributed by atoms with Crippen molar-refractivity contribution in [1.29, 1.82) is 5.26 Å². The highest BCUT2D eigenvalue weighted by Gasteiger charge is 2.52. The molecule has 0 spiro atoms. The van der Waals surface area contributed by atoms with Crippen LogP contribution in [-0.2, 0) is 42.9 Å². The van der Waals surface area contributed by atoms with Gasteiger partial charge in [0.15, 0.2) is 18.3 Å². The van der Waals surface area contributed by atoms with Gasteiger partial charge in [0.2, 0.25) is 0 Å². The van der Waals surface area contributed by atoms with Crippen molar-refractivity contribution in [2.75, 3.05) is 12.4 Å². The molecule has 11 heteroatoms. The lowest BCUT2D eigenvalue weighted by molar-refractivity contribution is -0.237. The summed E-state index contributed by atoms with van der Waals surface area (Å²) in [6.45, 7) is 4.34. The summed E-state index contributed by atoms with van der Waals surface area (Å²) in [6.07, 6.45) is -4.53. The number of rotatable bonds is 7. The Bertz CT molecular complexity index is 618. The normalized spacial score (nSPS) is 27.0. The van der Waals surface area contributed by atoms with Crippen molar-refractivity contribution in [3.8, 4) is 6.07 Å². The second kappa shape index (κ2) is 10.7. The van der Waals surface area contributed by atoms with Crippen molar-refractivity contribution >= 4 is 35.6 Å². The van der Waals surface area contributed by atoms with Gasteiger partial charge in [-0.2, -0.15) is 5.26 Å². The highest BCUT2D eigenvalue weighted by atomic mass is 32.2. The minimum absolute atomic E-state index is 0.00621. The lowest BCUT2D eigenvalue weighted by atomic mass is 9.99. The summed E-state index contributed by atoms with van der Waals surface area (Å²) in [4.78, 5) is 45.8. The second-order valence-corrected chi connectivity index (χ2v) is 6.62. The van der Waals surface area contributed by atoms with Crippen LogP contribution in [0.25, 0.3) is 0 Å². The molecule has 1 fully saturated rings. The van der Waals surface area contributed by atoms with Gasteiger partial charge in [-0.1, -0.05) is 0 Å². The van der Waals surface area contributed by atoms with Gasteiger partial charge in [0.25, 0.3) is 0 Å². The molecule has 0 aromatic rings. The third-order valence-electron chi connectivity index (χ3n) is 3.26. The van der Waals surface area contributed by atoms with Crippen molar-refractivity contribution in [1.82, 2.24) is 0 Å². The maximum Gasteiger partial charge on any atom is 0.303 e. The molecule has 0 saturated carbocycles. The fourth-order valence-electron chi connectivity index (χ4n) is 2.44. The van der Waals surface area contributed by atoms with Crippen LogP contribution in [0, 0.1) is 11.3 Å². The first-order chi connectivity index (χ1) is 12.6. The molecule has 1 saturated heterocycles. The highest BCUT2D eigenvalue weighted by molar-refractivity contribution is 8.00. The topological polar surface area (TPSA) is 138 Å². The smallest absolute Gasteiger partial charge is 0.303 e. The third-order valence-corrected chi connectivity index (χ3v) is 4.26. The van der Waals surface area contributed by atoms with Crippen molar-refractivity contribution in [3.05, 3.63) is 0 Å². The molecule has 0 bridgehead atoms. The maximum absolute atomic E-state index is 11.6. The van der Waals surface area contributed by atoms with Crippen LogP contribution in [0.15, 0.2) is 0 Å². The Morgan fingerprint density at radius 2 is 1.41 bits per heavy atom. The van der Waals surface area contributed by atoms with Gasteiger partial charge in [0.1, 0.15) is 18.1 Å². The van der Waals surface area contributed by atoms with Crippen molar-refractivity contribution in [2.24, 2.45) is 0 Å². The Labute approximate surface area is 160 Å². The van der Waals surface area contributed by atoms with Crippen molar-refractivity contribution < 1.29 is 42.9 Å². The van der Waals surface area contributed by atoms with Gasteiger partial charge in [0.05, 0.1) is 11.8 Å². The predicted octanol–water partition coefficient (Wildman–Crippen LogP) is 0.326. The van der Waals surface area contributed by atoms with E-state index in [9.17, 15) is 19.2 Å². The molecule has 0 aromatic carbocycles. The summed E-state index contributed by atoms with van der Waals surface area (Å²) < 4.78 is 26.4. The van der Waals surface area contributed by atoms with E-state index in [2.05, 4.69) is 0 Å². The van der Waals surface area contributed by atoms with E-state index < -0.39 is 53.7 Å². The van der Waals surface area contributed by atoms with Crippen LogP contribution in [0.2, 0.25) is 0 Å². The average Bonchev–Trinajstić information content (AvgIpc) is 2.54. The fraction of sp³-hybridized carbons (Fsp3) is 0.688. The molecule has 5 atom stereocenters. The molecule has 27 heavy (non-hydrogen) atoms. The third kappa shape index (κ3) is 7.44. The predicted molar refractivity (Wildman–Crippen MR) is 90.0 cm³/mol. The lowest BCUT2D eigenvalue weighted by Crippen LogP contribution is -2.61. The zero-order valence-corrected chi connectivity index (χ0v) is 16.1. The molecule has 10 nitrogen and oxygen atoms in total. The molecule has 1 aliphatic rings. The zero-order chi connectivity index (χ0) is 20.6. The van der Waals surface area contributed by atoms with Crippen LogP contribution in [0.5, 0.6) is 0 Å². The van der Waals surface area contributed by atoms with Gasteiger partial charge >= 0.3 is 23.9 Å². The fourth-order valence-corrected chi connectivity index (χ4v) is 3.30. The van der Waals surface area contributed by atoms with Gasteiger partial charge in [-0.3, -0.25) is 19.2 Å². The molecular formula is C16H21NO9S. The van der Waals surface area contributed by atoms with Gasteiger partial charge < -0.3 is 23.7 Å². The molecule has 1 rings (SSSR count). The first-order valence-electron chi connectivity index (χ1n) is 7.94. The summed E-state index contributed by atoms with van der Waals surface area (Å²) in [5.74, 6) is -2.67. The number of nitrogens with zero attached hydrogens (tertiary/aromatic N) is 1. The van der Waals surface area contributed by atoms with Crippen LogP contribution in [0.1, 0.15) is 27.7 Å². The van der Waals surface area contributed by atoms with E-state index in [4.69, 9.17) is 28.9 Å². The summed E-state index contributed by atoms with van der Waals surface area (Å²) in [5, 5.41) is 8.83. The Kier molecular flexibility index (Phi) is 9.04. The summed E-state index contributed by atoms with van der Waals surface area (Å²) in [5.41, 5.74) is -0.912. The van der Waals surface area contributed by atoms with Crippen LogP contribution in [-0.4, -0.2) is 66.1 Å². The molecule has 0 aliphatic carbocycles. The molecule has 3 unspecified atom stereocenters. The first kappa shape index (κ1) is 22.7. The first-order valence-corrected chi connectivity index (χ1v) is 8.99. The summed E-state index contributed by atoms with van der Waals surface area (Å²) in [7, 11) is 0.